The van der Waals surface area contributed by atoms with E-state index in [1.165, 1.54) is 6.20 Å². The molecule has 0 bridgehead atoms. The molecule has 8 heteroatoms. The van der Waals surface area contributed by atoms with Gasteiger partial charge in [0.2, 0.25) is 0 Å². The summed E-state index contributed by atoms with van der Waals surface area (Å²) in [5, 5.41) is 17.6. The molecule has 1 rings (SSSR count). The molecule has 0 aliphatic rings. The minimum absolute atomic E-state index is 0.0988. The SMILES string of the molecule is CC/C(=C\C=NC(C)N=C(c1cccnc1N)N(O)C=N)OC. The Morgan fingerprint density at radius 3 is 2.91 bits per heavy atom. The molecule has 0 radical (unpaired) electrons. The van der Waals surface area contributed by atoms with E-state index >= 15 is 0 Å². The van der Waals surface area contributed by atoms with Gasteiger partial charge in [0.25, 0.3) is 0 Å². The van der Waals surface area contributed by atoms with E-state index < -0.39 is 6.17 Å². The third kappa shape index (κ3) is 5.51. The molecular weight excluding hydrogens is 296 g/mol. The highest BCUT2D eigenvalue weighted by Crippen LogP contribution is 2.12. The van der Waals surface area contributed by atoms with Crippen LogP contribution < -0.4 is 5.73 Å². The number of amidine groups is 1. The average Bonchev–Trinajstić information content (AvgIpc) is 2.56. The van der Waals surface area contributed by atoms with Gasteiger partial charge in [-0.2, -0.15) is 5.06 Å². The predicted octanol–water partition coefficient (Wildman–Crippen LogP) is 2.07. The Labute approximate surface area is 135 Å². The van der Waals surface area contributed by atoms with Crippen LogP contribution in [-0.2, 0) is 4.74 Å². The molecule has 1 atom stereocenters. The van der Waals surface area contributed by atoms with Gasteiger partial charge in [-0.05, 0) is 25.1 Å². The van der Waals surface area contributed by atoms with Gasteiger partial charge in [0.1, 0.15) is 18.3 Å². The Bertz CT molecular complexity index is 606. The van der Waals surface area contributed by atoms with Crippen LogP contribution in [0, 0.1) is 5.41 Å². The Hall–Kier alpha value is -2.74. The summed E-state index contributed by atoms with van der Waals surface area (Å²) in [5.74, 6) is 1.10. The predicted molar refractivity (Wildman–Crippen MR) is 90.9 cm³/mol. The van der Waals surface area contributed by atoms with E-state index in [4.69, 9.17) is 15.9 Å². The van der Waals surface area contributed by atoms with Crippen LogP contribution in [0.5, 0.6) is 0 Å². The number of anilines is 1. The maximum absolute atomic E-state index is 9.83. The van der Waals surface area contributed by atoms with Gasteiger partial charge in [0, 0.05) is 18.8 Å². The lowest BCUT2D eigenvalue weighted by Gasteiger charge is -2.16. The summed E-state index contributed by atoms with van der Waals surface area (Å²) in [4.78, 5) is 12.5. The molecule has 1 heterocycles. The lowest BCUT2D eigenvalue weighted by atomic mass is 10.2. The van der Waals surface area contributed by atoms with Crippen LogP contribution in [0.25, 0.3) is 0 Å². The number of methoxy groups -OCH3 is 1. The summed E-state index contributed by atoms with van der Waals surface area (Å²) in [6, 6.07) is 3.33. The maximum atomic E-state index is 9.83. The first-order valence-corrected chi connectivity index (χ1v) is 7.07. The Morgan fingerprint density at radius 2 is 2.35 bits per heavy atom. The summed E-state index contributed by atoms with van der Waals surface area (Å²) in [5.41, 5.74) is 6.22. The van der Waals surface area contributed by atoms with Crippen molar-refractivity contribution in [2.45, 2.75) is 26.4 Å². The third-order valence-electron chi connectivity index (χ3n) is 2.90. The molecule has 0 aliphatic heterocycles. The van der Waals surface area contributed by atoms with Crippen LogP contribution >= 0.6 is 0 Å². The number of hydrogen-bond acceptors (Lipinski definition) is 7. The second-order valence-electron chi connectivity index (χ2n) is 4.48. The zero-order valence-electron chi connectivity index (χ0n) is 13.5. The van der Waals surface area contributed by atoms with Gasteiger partial charge in [0.15, 0.2) is 5.84 Å². The molecule has 0 saturated heterocycles. The molecule has 1 aromatic rings. The quantitative estimate of drug-likeness (QED) is 0.307. The zero-order valence-corrected chi connectivity index (χ0v) is 13.5. The Morgan fingerprint density at radius 1 is 1.61 bits per heavy atom. The molecule has 0 fully saturated rings. The number of aliphatic imine (C=N–C) groups is 2. The van der Waals surface area contributed by atoms with Gasteiger partial charge in [-0.25, -0.2) is 9.98 Å². The molecule has 23 heavy (non-hydrogen) atoms. The zero-order chi connectivity index (χ0) is 17.2. The van der Waals surface area contributed by atoms with Gasteiger partial charge in [0.05, 0.1) is 18.4 Å². The van der Waals surface area contributed by atoms with Crippen molar-refractivity contribution < 1.29 is 9.94 Å². The minimum Gasteiger partial charge on any atom is -0.501 e. The Balaban J connectivity index is 3.06. The lowest BCUT2D eigenvalue weighted by molar-refractivity contribution is 0.0689. The number of nitrogens with one attached hydrogen (secondary N) is 1. The normalized spacial score (nSPS) is 13.9. The van der Waals surface area contributed by atoms with Crippen molar-refractivity contribution in [1.29, 1.82) is 5.41 Å². The van der Waals surface area contributed by atoms with Crippen LogP contribution in [0.3, 0.4) is 0 Å². The van der Waals surface area contributed by atoms with E-state index in [2.05, 4.69) is 15.0 Å². The van der Waals surface area contributed by atoms with Crippen LogP contribution in [0.4, 0.5) is 5.82 Å². The highest BCUT2D eigenvalue weighted by Gasteiger charge is 2.14. The molecule has 0 amide bonds. The fraction of sp³-hybridized carbons (Fsp3) is 0.333. The highest BCUT2D eigenvalue weighted by molar-refractivity contribution is 6.06. The van der Waals surface area contributed by atoms with E-state index in [1.807, 2.05) is 6.92 Å². The van der Waals surface area contributed by atoms with Gasteiger partial charge < -0.3 is 10.5 Å². The smallest absolute Gasteiger partial charge is 0.167 e. The molecule has 4 N–H and O–H groups in total. The van der Waals surface area contributed by atoms with Gasteiger partial charge in [-0.1, -0.05) is 6.92 Å². The number of hydrogen-bond donors (Lipinski definition) is 3. The van der Waals surface area contributed by atoms with Crippen LogP contribution in [0.1, 0.15) is 25.8 Å². The van der Waals surface area contributed by atoms with E-state index in [1.54, 1.807) is 38.5 Å². The van der Waals surface area contributed by atoms with Crippen molar-refractivity contribution in [3.8, 4) is 0 Å². The van der Waals surface area contributed by atoms with E-state index in [-0.39, 0.29) is 11.7 Å². The number of nitrogens with two attached hydrogens (primary N) is 1. The largest absolute Gasteiger partial charge is 0.501 e. The lowest BCUT2D eigenvalue weighted by Crippen LogP contribution is -2.28. The first kappa shape index (κ1) is 18.3. The van der Waals surface area contributed by atoms with E-state index in [0.717, 1.165) is 18.5 Å². The van der Waals surface area contributed by atoms with Gasteiger partial charge in [-0.3, -0.25) is 15.6 Å². The number of nitrogen functional groups attached to an aromatic ring is 1. The first-order valence-electron chi connectivity index (χ1n) is 7.07. The number of rotatable bonds is 7. The summed E-state index contributed by atoms with van der Waals surface area (Å²) >= 11 is 0. The van der Waals surface area contributed by atoms with E-state index in [9.17, 15) is 5.21 Å². The van der Waals surface area contributed by atoms with Crippen LogP contribution in [0.15, 0.2) is 40.1 Å². The monoisotopic (exact) mass is 318 g/mol. The topological polar surface area (TPSA) is 120 Å². The molecule has 0 aromatic carbocycles. The summed E-state index contributed by atoms with van der Waals surface area (Å²) in [6.07, 6.45) is 5.86. The van der Waals surface area contributed by atoms with Crippen molar-refractivity contribution in [3.05, 3.63) is 35.7 Å². The molecular formula is C15H22N6O2. The number of hydroxylamine groups is 2. The molecule has 0 saturated carbocycles. The van der Waals surface area contributed by atoms with Crippen molar-refractivity contribution in [1.82, 2.24) is 10.0 Å². The molecule has 124 valence electrons. The third-order valence-corrected chi connectivity index (χ3v) is 2.90. The summed E-state index contributed by atoms with van der Waals surface area (Å²) in [7, 11) is 1.60. The number of allylic oxidation sites excluding steroid dienone is 2. The second kappa shape index (κ2) is 9.31. The van der Waals surface area contributed by atoms with E-state index in [0.29, 0.717) is 10.6 Å². The standard InChI is InChI=1S/C15H22N6O2/c1-4-12(23-3)7-9-18-11(2)20-15(21(22)10-16)13-6-5-8-19-14(13)17/h5-11,16,22H,4H2,1-3H3,(H2,17,19)/b12-7+,16-10?,18-9?,20-15?. The minimum atomic E-state index is -0.495. The number of ether oxygens (including phenoxy) is 1. The highest BCUT2D eigenvalue weighted by atomic mass is 16.5. The van der Waals surface area contributed by atoms with Gasteiger partial charge in [-0.15, -0.1) is 0 Å². The van der Waals surface area contributed by atoms with Crippen LogP contribution in [0.2, 0.25) is 0 Å². The number of pyridine rings is 1. The fourth-order valence-corrected chi connectivity index (χ4v) is 1.71. The molecule has 8 nitrogen and oxygen atoms in total. The van der Waals surface area contributed by atoms with Crippen molar-refractivity contribution in [2.24, 2.45) is 9.98 Å². The van der Waals surface area contributed by atoms with Gasteiger partial charge >= 0.3 is 0 Å². The first-order chi connectivity index (χ1) is 11.0. The van der Waals surface area contributed by atoms with Crippen molar-refractivity contribution in [3.63, 3.8) is 0 Å². The van der Waals surface area contributed by atoms with Crippen LogP contribution in [-0.4, -0.2) is 46.9 Å². The fourth-order valence-electron chi connectivity index (χ4n) is 1.71. The molecule has 0 spiro atoms. The number of nitrogens with zero attached hydrogens (tertiary/aromatic N) is 4. The second-order valence-corrected chi connectivity index (χ2v) is 4.48. The summed E-state index contributed by atoms with van der Waals surface area (Å²) in [6.45, 7) is 3.72. The molecule has 1 aromatic heterocycles. The van der Waals surface area contributed by atoms with Crippen molar-refractivity contribution in [2.75, 3.05) is 12.8 Å². The molecule has 0 aliphatic carbocycles. The summed E-state index contributed by atoms with van der Waals surface area (Å²) < 4.78 is 5.13. The Kier molecular flexibility index (Phi) is 7.41. The number of aromatic nitrogens is 1. The molecule has 1 unspecified atom stereocenters. The van der Waals surface area contributed by atoms with Crippen molar-refractivity contribution >= 4 is 24.2 Å². The maximum Gasteiger partial charge on any atom is 0.167 e. The average molecular weight is 318 g/mol.